The molecule has 0 spiro atoms. The lowest BCUT2D eigenvalue weighted by Crippen LogP contribution is -2.33. The number of rotatable bonds is 6. The molecule has 1 aliphatic rings. The van der Waals surface area contributed by atoms with Gasteiger partial charge in [0.15, 0.2) is 5.82 Å². The van der Waals surface area contributed by atoms with Gasteiger partial charge in [-0.05, 0) is 57.2 Å². The summed E-state index contributed by atoms with van der Waals surface area (Å²) in [5.41, 5.74) is 3.71. The van der Waals surface area contributed by atoms with E-state index in [4.69, 9.17) is 0 Å². The lowest BCUT2D eigenvalue weighted by atomic mass is 10.2. The van der Waals surface area contributed by atoms with Crippen molar-refractivity contribution < 1.29 is 4.79 Å². The quantitative estimate of drug-likeness (QED) is 0.814. The summed E-state index contributed by atoms with van der Waals surface area (Å²) in [5.74, 6) is 1.11. The molecular weight excluding hydrogens is 322 g/mol. The Balaban J connectivity index is 1.63. The van der Waals surface area contributed by atoms with E-state index in [2.05, 4.69) is 34.5 Å². The van der Waals surface area contributed by atoms with Gasteiger partial charge in [-0.1, -0.05) is 18.7 Å². The molecule has 3 rings (SSSR count). The molecule has 24 heavy (non-hydrogen) atoms. The van der Waals surface area contributed by atoms with Crippen LogP contribution >= 0.6 is 11.8 Å². The van der Waals surface area contributed by atoms with Gasteiger partial charge in [0, 0.05) is 11.7 Å². The van der Waals surface area contributed by atoms with Crippen LogP contribution in [0.4, 0.5) is 0 Å². The van der Waals surface area contributed by atoms with Crippen molar-refractivity contribution in [2.24, 2.45) is 0 Å². The Hall–Kier alpha value is -1.89. The van der Waals surface area contributed by atoms with Crippen molar-refractivity contribution in [3.63, 3.8) is 0 Å². The summed E-state index contributed by atoms with van der Waals surface area (Å²) >= 11 is 1.40. The Morgan fingerprint density at radius 2 is 2.21 bits per heavy atom. The van der Waals surface area contributed by atoms with Crippen LogP contribution in [0.15, 0.2) is 17.2 Å². The minimum absolute atomic E-state index is 0.0274. The highest BCUT2D eigenvalue weighted by molar-refractivity contribution is 7.99. The first kappa shape index (κ1) is 17.0. The Morgan fingerprint density at radius 1 is 1.38 bits per heavy atom. The van der Waals surface area contributed by atoms with Gasteiger partial charge in [0.1, 0.15) is 5.03 Å². The third-order valence-corrected chi connectivity index (χ3v) is 5.30. The Kier molecular flexibility index (Phi) is 5.18. The van der Waals surface area contributed by atoms with E-state index >= 15 is 0 Å². The molecule has 0 saturated carbocycles. The number of carbonyl (C=O) groups excluding carboxylic acids is 1. The molecule has 1 N–H and O–H groups in total. The fraction of sp³-hybridized carbons (Fsp3) is 0.529. The van der Waals surface area contributed by atoms with Crippen LogP contribution in [0.5, 0.6) is 0 Å². The van der Waals surface area contributed by atoms with E-state index in [1.165, 1.54) is 29.4 Å². The van der Waals surface area contributed by atoms with Crippen molar-refractivity contribution in [2.75, 3.05) is 5.75 Å². The molecule has 2 aromatic heterocycles. The van der Waals surface area contributed by atoms with E-state index in [1.807, 2.05) is 23.7 Å². The average molecular weight is 345 g/mol. The molecule has 6 nitrogen and oxygen atoms in total. The number of nitrogens with one attached hydrogen (secondary N) is 1. The van der Waals surface area contributed by atoms with Crippen molar-refractivity contribution in [2.45, 2.75) is 57.5 Å². The largest absolute Gasteiger partial charge is 0.353 e. The minimum atomic E-state index is 0.0274. The highest BCUT2D eigenvalue weighted by Gasteiger charge is 2.20. The Bertz CT molecular complexity index is 725. The molecule has 0 saturated heterocycles. The molecular formula is C17H23N5OS. The van der Waals surface area contributed by atoms with Crippen molar-refractivity contribution in [1.29, 1.82) is 0 Å². The first-order valence-electron chi connectivity index (χ1n) is 8.42. The van der Waals surface area contributed by atoms with Crippen LogP contribution in [-0.4, -0.2) is 37.7 Å². The number of nitrogens with zero attached hydrogens (tertiary/aromatic N) is 4. The molecule has 128 valence electrons. The summed E-state index contributed by atoms with van der Waals surface area (Å²) in [6.07, 6.45) is 4.28. The molecule has 0 aromatic carbocycles. The normalized spacial score (nSPS) is 14.5. The number of hydrogen-bond donors (Lipinski definition) is 1. The van der Waals surface area contributed by atoms with Gasteiger partial charge in [-0.3, -0.25) is 4.79 Å². The number of carbonyl (C=O) groups is 1. The molecule has 0 radical (unpaired) electrons. The van der Waals surface area contributed by atoms with Crippen LogP contribution in [0.3, 0.4) is 0 Å². The van der Waals surface area contributed by atoms with Crippen LogP contribution in [0, 0.1) is 6.92 Å². The van der Waals surface area contributed by atoms with Crippen LogP contribution in [0.2, 0.25) is 0 Å². The van der Waals surface area contributed by atoms with E-state index in [0.717, 1.165) is 35.8 Å². The second-order valence-electron chi connectivity index (χ2n) is 6.17. The van der Waals surface area contributed by atoms with E-state index in [1.54, 1.807) is 0 Å². The van der Waals surface area contributed by atoms with Crippen molar-refractivity contribution in [3.8, 4) is 5.82 Å². The smallest absolute Gasteiger partial charge is 0.230 e. The SMILES string of the molecule is CC[C@@H](C)NC(=O)CSc1ccc(-n2nc3c(c2C)CCC3)nn1. The summed E-state index contributed by atoms with van der Waals surface area (Å²) in [4.78, 5) is 11.8. The van der Waals surface area contributed by atoms with E-state index in [9.17, 15) is 4.79 Å². The standard InChI is InChI=1S/C17H23N5OS/c1-4-11(2)18-16(23)10-24-17-9-8-15(19-20-17)22-12(3)13-6-5-7-14(13)21-22/h8-9,11H,4-7,10H2,1-3H3,(H,18,23)/t11-/m1/s1. The molecule has 0 unspecified atom stereocenters. The van der Waals surface area contributed by atoms with E-state index < -0.39 is 0 Å². The summed E-state index contributed by atoms with van der Waals surface area (Å²) in [6.45, 7) is 6.14. The van der Waals surface area contributed by atoms with Gasteiger partial charge in [-0.15, -0.1) is 10.2 Å². The molecule has 1 atom stereocenters. The fourth-order valence-corrected chi connectivity index (χ4v) is 3.46. The fourth-order valence-electron chi connectivity index (χ4n) is 2.84. The molecule has 1 amide bonds. The lowest BCUT2D eigenvalue weighted by Gasteiger charge is -2.10. The monoisotopic (exact) mass is 345 g/mol. The minimum Gasteiger partial charge on any atom is -0.353 e. The van der Waals surface area contributed by atoms with E-state index in [-0.39, 0.29) is 11.9 Å². The van der Waals surface area contributed by atoms with Gasteiger partial charge in [-0.2, -0.15) is 5.10 Å². The second kappa shape index (κ2) is 7.34. The first-order chi connectivity index (χ1) is 11.6. The predicted molar refractivity (Wildman–Crippen MR) is 94.5 cm³/mol. The van der Waals surface area contributed by atoms with Crippen LogP contribution < -0.4 is 5.32 Å². The molecule has 2 heterocycles. The topological polar surface area (TPSA) is 72.7 Å². The van der Waals surface area contributed by atoms with Gasteiger partial charge < -0.3 is 5.32 Å². The zero-order valence-corrected chi connectivity index (χ0v) is 15.2. The van der Waals surface area contributed by atoms with Crippen molar-refractivity contribution in [3.05, 3.63) is 29.1 Å². The number of amides is 1. The highest BCUT2D eigenvalue weighted by atomic mass is 32.2. The van der Waals surface area contributed by atoms with E-state index in [0.29, 0.717) is 5.75 Å². The van der Waals surface area contributed by atoms with Crippen molar-refractivity contribution in [1.82, 2.24) is 25.3 Å². The van der Waals surface area contributed by atoms with Crippen LogP contribution in [0.1, 0.15) is 43.6 Å². The van der Waals surface area contributed by atoms with Crippen LogP contribution in [-0.2, 0) is 17.6 Å². The summed E-state index contributed by atoms with van der Waals surface area (Å²) in [7, 11) is 0. The third kappa shape index (κ3) is 3.61. The van der Waals surface area contributed by atoms with Gasteiger partial charge in [0.25, 0.3) is 0 Å². The lowest BCUT2D eigenvalue weighted by molar-refractivity contribution is -0.119. The third-order valence-electron chi connectivity index (χ3n) is 4.38. The number of fused-ring (bicyclic) bond motifs is 1. The van der Waals surface area contributed by atoms with Crippen LogP contribution in [0.25, 0.3) is 5.82 Å². The van der Waals surface area contributed by atoms with Gasteiger partial charge in [-0.25, -0.2) is 4.68 Å². The summed E-state index contributed by atoms with van der Waals surface area (Å²) < 4.78 is 1.88. The van der Waals surface area contributed by atoms with Crippen molar-refractivity contribution >= 4 is 17.7 Å². The Morgan fingerprint density at radius 3 is 2.88 bits per heavy atom. The maximum absolute atomic E-state index is 11.8. The second-order valence-corrected chi connectivity index (χ2v) is 7.17. The number of thioether (sulfide) groups is 1. The molecule has 2 aromatic rings. The first-order valence-corrected chi connectivity index (χ1v) is 9.40. The van der Waals surface area contributed by atoms with Gasteiger partial charge in [0.05, 0.1) is 11.4 Å². The zero-order valence-electron chi connectivity index (χ0n) is 14.4. The maximum Gasteiger partial charge on any atom is 0.230 e. The number of aryl methyl sites for hydroxylation is 1. The number of aromatic nitrogens is 4. The van der Waals surface area contributed by atoms with Gasteiger partial charge >= 0.3 is 0 Å². The number of hydrogen-bond acceptors (Lipinski definition) is 5. The zero-order chi connectivity index (χ0) is 17.1. The Labute approximate surface area is 146 Å². The maximum atomic E-state index is 11.8. The molecule has 0 fully saturated rings. The van der Waals surface area contributed by atoms with Gasteiger partial charge in [0.2, 0.25) is 5.91 Å². The summed E-state index contributed by atoms with van der Waals surface area (Å²) in [5, 5.41) is 16.8. The highest BCUT2D eigenvalue weighted by Crippen LogP contribution is 2.26. The predicted octanol–water partition coefficient (Wildman–Crippen LogP) is 2.47. The summed E-state index contributed by atoms with van der Waals surface area (Å²) in [6, 6.07) is 4.02. The molecule has 0 bridgehead atoms. The average Bonchev–Trinajstić information content (AvgIpc) is 3.16. The molecule has 7 heteroatoms. The molecule has 1 aliphatic carbocycles. The molecule has 0 aliphatic heterocycles.